The Morgan fingerprint density at radius 3 is 2.50 bits per heavy atom. The first-order valence-electron chi connectivity index (χ1n) is 6.07. The zero-order valence-corrected chi connectivity index (χ0v) is 13.9. The SMILES string of the molecule is CNC(Cc1ccc(Cl)c(Cl)c1)c1cc(F)cc(Br)c1. The third kappa shape index (κ3) is 3.95. The van der Waals surface area contributed by atoms with Crippen molar-refractivity contribution in [1.29, 1.82) is 0 Å². The molecule has 106 valence electrons. The Labute approximate surface area is 136 Å². The lowest BCUT2D eigenvalue weighted by Gasteiger charge is -2.17. The zero-order chi connectivity index (χ0) is 14.7. The first-order valence-corrected chi connectivity index (χ1v) is 7.61. The molecule has 2 aromatic carbocycles. The van der Waals surface area contributed by atoms with E-state index in [2.05, 4.69) is 21.2 Å². The van der Waals surface area contributed by atoms with Crippen molar-refractivity contribution in [3.63, 3.8) is 0 Å². The number of likely N-dealkylation sites (N-methyl/N-ethyl adjacent to an activating group) is 1. The van der Waals surface area contributed by atoms with Gasteiger partial charge in [-0.3, -0.25) is 0 Å². The summed E-state index contributed by atoms with van der Waals surface area (Å²) in [6.45, 7) is 0. The lowest BCUT2D eigenvalue weighted by Crippen LogP contribution is -2.19. The second kappa shape index (κ2) is 6.90. The van der Waals surface area contributed by atoms with Crippen LogP contribution in [-0.4, -0.2) is 7.05 Å². The van der Waals surface area contributed by atoms with Crippen LogP contribution in [0.15, 0.2) is 40.9 Å². The van der Waals surface area contributed by atoms with Crippen LogP contribution in [0.2, 0.25) is 10.0 Å². The van der Waals surface area contributed by atoms with Crippen molar-refractivity contribution in [2.45, 2.75) is 12.5 Å². The Morgan fingerprint density at radius 1 is 1.15 bits per heavy atom. The molecule has 0 aliphatic rings. The summed E-state index contributed by atoms with van der Waals surface area (Å²) >= 11 is 15.2. The van der Waals surface area contributed by atoms with E-state index in [0.29, 0.717) is 16.5 Å². The van der Waals surface area contributed by atoms with Crippen molar-refractivity contribution < 1.29 is 4.39 Å². The molecule has 0 saturated heterocycles. The van der Waals surface area contributed by atoms with Crippen LogP contribution < -0.4 is 5.32 Å². The van der Waals surface area contributed by atoms with Gasteiger partial charge < -0.3 is 5.32 Å². The topological polar surface area (TPSA) is 12.0 Å². The molecular formula is C15H13BrCl2FN. The normalized spacial score (nSPS) is 12.4. The molecule has 0 aromatic heterocycles. The van der Waals surface area contributed by atoms with Gasteiger partial charge in [-0.25, -0.2) is 4.39 Å². The molecule has 20 heavy (non-hydrogen) atoms. The first kappa shape index (κ1) is 15.8. The summed E-state index contributed by atoms with van der Waals surface area (Å²) in [6, 6.07) is 10.4. The molecular weight excluding hydrogens is 364 g/mol. The van der Waals surface area contributed by atoms with E-state index in [1.807, 2.05) is 25.2 Å². The molecule has 1 unspecified atom stereocenters. The fourth-order valence-electron chi connectivity index (χ4n) is 2.07. The van der Waals surface area contributed by atoms with Gasteiger partial charge in [0.2, 0.25) is 0 Å². The van der Waals surface area contributed by atoms with Crippen molar-refractivity contribution in [2.75, 3.05) is 7.05 Å². The zero-order valence-electron chi connectivity index (χ0n) is 10.8. The van der Waals surface area contributed by atoms with Crippen molar-refractivity contribution in [3.05, 3.63) is 67.9 Å². The Balaban J connectivity index is 2.26. The summed E-state index contributed by atoms with van der Waals surface area (Å²) in [5.41, 5.74) is 1.92. The summed E-state index contributed by atoms with van der Waals surface area (Å²) in [7, 11) is 1.85. The van der Waals surface area contributed by atoms with E-state index in [-0.39, 0.29) is 11.9 Å². The van der Waals surface area contributed by atoms with E-state index in [4.69, 9.17) is 23.2 Å². The summed E-state index contributed by atoms with van der Waals surface area (Å²) < 4.78 is 14.2. The average molecular weight is 377 g/mol. The Kier molecular flexibility index (Phi) is 5.44. The van der Waals surface area contributed by atoms with Crippen LogP contribution in [0.25, 0.3) is 0 Å². The molecule has 5 heteroatoms. The molecule has 2 rings (SSSR count). The van der Waals surface area contributed by atoms with Crippen LogP contribution in [0.4, 0.5) is 4.39 Å². The predicted molar refractivity (Wildman–Crippen MR) is 86.1 cm³/mol. The van der Waals surface area contributed by atoms with Gasteiger partial charge in [-0.1, -0.05) is 45.2 Å². The molecule has 0 saturated carbocycles. The van der Waals surface area contributed by atoms with Crippen LogP contribution in [0.1, 0.15) is 17.2 Å². The average Bonchev–Trinajstić information content (AvgIpc) is 2.38. The van der Waals surface area contributed by atoms with Gasteiger partial charge in [-0.15, -0.1) is 0 Å². The standard InChI is InChI=1S/C15H13BrCl2FN/c1-20-15(10-6-11(16)8-12(19)7-10)5-9-2-3-13(17)14(18)4-9/h2-4,6-8,15,20H,5H2,1H3. The van der Waals surface area contributed by atoms with Crippen molar-refractivity contribution in [3.8, 4) is 0 Å². The molecule has 0 aliphatic carbocycles. The summed E-state index contributed by atoms with van der Waals surface area (Å²) in [5, 5.41) is 4.25. The van der Waals surface area contributed by atoms with Crippen LogP contribution in [0.5, 0.6) is 0 Å². The minimum Gasteiger partial charge on any atom is -0.313 e. The highest BCUT2D eigenvalue weighted by atomic mass is 79.9. The van der Waals surface area contributed by atoms with Crippen molar-refractivity contribution >= 4 is 39.1 Å². The predicted octanol–water partition coefficient (Wildman–Crippen LogP) is 5.40. The Morgan fingerprint density at radius 2 is 1.90 bits per heavy atom. The maximum atomic E-state index is 13.5. The molecule has 0 aliphatic heterocycles. The number of rotatable bonds is 4. The van der Waals surface area contributed by atoms with Crippen LogP contribution >= 0.6 is 39.1 Å². The van der Waals surface area contributed by atoms with Gasteiger partial charge in [0.1, 0.15) is 5.82 Å². The fourth-order valence-corrected chi connectivity index (χ4v) is 2.87. The highest BCUT2D eigenvalue weighted by Gasteiger charge is 2.13. The van der Waals surface area contributed by atoms with Crippen LogP contribution in [0, 0.1) is 5.82 Å². The highest BCUT2D eigenvalue weighted by Crippen LogP contribution is 2.27. The van der Waals surface area contributed by atoms with Crippen molar-refractivity contribution in [1.82, 2.24) is 5.32 Å². The number of benzene rings is 2. The van der Waals surface area contributed by atoms with E-state index >= 15 is 0 Å². The largest absolute Gasteiger partial charge is 0.313 e. The second-order valence-corrected chi connectivity index (χ2v) is 6.23. The second-order valence-electron chi connectivity index (χ2n) is 4.50. The molecule has 0 bridgehead atoms. The third-order valence-electron chi connectivity index (χ3n) is 3.06. The maximum absolute atomic E-state index is 13.5. The van der Waals surface area contributed by atoms with E-state index in [9.17, 15) is 4.39 Å². The van der Waals surface area contributed by atoms with E-state index in [1.165, 1.54) is 12.1 Å². The van der Waals surface area contributed by atoms with Gasteiger partial charge in [0.25, 0.3) is 0 Å². The van der Waals surface area contributed by atoms with E-state index in [1.54, 1.807) is 6.07 Å². The highest BCUT2D eigenvalue weighted by molar-refractivity contribution is 9.10. The van der Waals surface area contributed by atoms with Gasteiger partial charge in [-0.05, 0) is 54.9 Å². The minimum atomic E-state index is -0.260. The molecule has 0 radical (unpaired) electrons. The summed E-state index contributed by atoms with van der Waals surface area (Å²) in [6.07, 6.45) is 0.698. The maximum Gasteiger partial charge on any atom is 0.124 e. The molecule has 0 heterocycles. The number of hydrogen-bond acceptors (Lipinski definition) is 1. The molecule has 1 N–H and O–H groups in total. The first-order chi connectivity index (χ1) is 9.49. The smallest absolute Gasteiger partial charge is 0.124 e. The van der Waals surface area contributed by atoms with Crippen LogP contribution in [0.3, 0.4) is 0 Å². The van der Waals surface area contributed by atoms with Gasteiger partial charge in [0.15, 0.2) is 0 Å². The van der Waals surface area contributed by atoms with E-state index < -0.39 is 0 Å². The molecule has 1 atom stereocenters. The summed E-state index contributed by atoms with van der Waals surface area (Å²) in [5.74, 6) is -0.260. The van der Waals surface area contributed by atoms with Gasteiger partial charge in [0.05, 0.1) is 10.0 Å². The number of halogens is 4. The number of nitrogens with one attached hydrogen (secondary N) is 1. The number of hydrogen-bond donors (Lipinski definition) is 1. The monoisotopic (exact) mass is 375 g/mol. The third-order valence-corrected chi connectivity index (χ3v) is 4.26. The fraction of sp³-hybridized carbons (Fsp3) is 0.200. The molecule has 0 fully saturated rings. The lowest BCUT2D eigenvalue weighted by molar-refractivity contribution is 0.576. The lowest BCUT2D eigenvalue weighted by atomic mass is 9.99. The minimum absolute atomic E-state index is 0.000702. The van der Waals surface area contributed by atoms with Crippen molar-refractivity contribution in [2.24, 2.45) is 0 Å². The Hall–Kier alpha value is -0.610. The van der Waals surface area contributed by atoms with Gasteiger partial charge in [0, 0.05) is 10.5 Å². The molecule has 2 aromatic rings. The molecule has 0 spiro atoms. The van der Waals surface area contributed by atoms with Gasteiger partial charge >= 0.3 is 0 Å². The van der Waals surface area contributed by atoms with E-state index in [0.717, 1.165) is 15.6 Å². The van der Waals surface area contributed by atoms with Gasteiger partial charge in [-0.2, -0.15) is 0 Å². The summed E-state index contributed by atoms with van der Waals surface area (Å²) in [4.78, 5) is 0. The quantitative estimate of drug-likeness (QED) is 0.753. The molecule has 1 nitrogen and oxygen atoms in total. The van der Waals surface area contributed by atoms with Crippen LogP contribution in [-0.2, 0) is 6.42 Å². The molecule has 0 amide bonds. The Bertz CT molecular complexity index is 599.